The number of hydrogen-bond donors (Lipinski definition) is 5. The lowest BCUT2D eigenvalue weighted by Gasteiger charge is -2.39. The Bertz CT molecular complexity index is 2770. The summed E-state index contributed by atoms with van der Waals surface area (Å²) in [5.41, 5.74) is 3.88. The molecule has 1 unspecified atom stereocenters. The molecule has 5 amide bonds. The van der Waals surface area contributed by atoms with E-state index in [1.54, 1.807) is 42.5 Å². The van der Waals surface area contributed by atoms with Crippen molar-refractivity contribution < 1.29 is 33.1 Å². The van der Waals surface area contributed by atoms with Crippen LogP contribution >= 0.6 is 23.2 Å². The first-order valence-electron chi connectivity index (χ1n) is 22.9. The lowest BCUT2D eigenvalue weighted by atomic mass is 9.63. The lowest BCUT2D eigenvalue weighted by molar-refractivity contribution is -0.137. The molecule has 4 aromatic carbocycles. The van der Waals surface area contributed by atoms with Gasteiger partial charge in [-0.3, -0.25) is 29.3 Å². The Hall–Kier alpha value is -5.94. The van der Waals surface area contributed by atoms with Gasteiger partial charge in [0.1, 0.15) is 17.6 Å². The number of ether oxygens (including phenoxy) is 1. The average molecular weight is 948 g/mol. The second kappa shape index (κ2) is 18.3. The SMILES string of the molecule is COc1cc(C(=O)N[C@@H]2CCC[C@@H](C#Cc3cccc4c3CN(C3CCC(=O)NC3=O)C4=O)C2)ccc1NC(=O)[C@@H]1N[C@@H](CC(C)(C)C)[C@@]2(CNc3cc(Cl)ccc32)[C@H]1c1cccc(Cl)c1F. The van der Waals surface area contributed by atoms with Crippen LogP contribution in [0.4, 0.5) is 15.8 Å². The van der Waals surface area contributed by atoms with Gasteiger partial charge >= 0.3 is 0 Å². The fourth-order valence-corrected chi connectivity index (χ4v) is 11.4. The molecule has 0 radical (unpaired) electrons. The number of nitrogens with one attached hydrogen (secondary N) is 5. The van der Waals surface area contributed by atoms with E-state index in [4.69, 9.17) is 27.9 Å². The number of rotatable bonds is 8. The maximum atomic E-state index is 16.3. The fourth-order valence-electron chi connectivity index (χ4n) is 11.0. The van der Waals surface area contributed by atoms with Gasteiger partial charge in [0.2, 0.25) is 17.7 Å². The van der Waals surface area contributed by atoms with Crippen LogP contribution in [0.3, 0.4) is 0 Å². The summed E-state index contributed by atoms with van der Waals surface area (Å²) >= 11 is 12.9. The summed E-state index contributed by atoms with van der Waals surface area (Å²) in [4.78, 5) is 67.7. The highest BCUT2D eigenvalue weighted by Crippen LogP contribution is 2.57. The van der Waals surface area contributed by atoms with Crippen LogP contribution in [0.15, 0.2) is 72.8 Å². The Morgan fingerprint density at radius 3 is 2.58 bits per heavy atom. The van der Waals surface area contributed by atoms with Crippen LogP contribution in [0.25, 0.3) is 0 Å². The Morgan fingerprint density at radius 2 is 1.81 bits per heavy atom. The molecule has 5 aliphatic rings. The highest BCUT2D eigenvalue weighted by Gasteiger charge is 2.61. The van der Waals surface area contributed by atoms with E-state index in [-0.39, 0.29) is 71.3 Å². The molecule has 4 heterocycles. The molecule has 348 valence electrons. The third-order valence-electron chi connectivity index (χ3n) is 14.1. The van der Waals surface area contributed by atoms with Crippen LogP contribution in [-0.4, -0.2) is 72.3 Å². The number of carbonyl (C=O) groups excluding carboxylic acids is 5. The summed E-state index contributed by atoms with van der Waals surface area (Å²) < 4.78 is 22.1. The summed E-state index contributed by atoms with van der Waals surface area (Å²) in [6, 6.07) is 18.9. The number of benzene rings is 4. The van der Waals surface area contributed by atoms with Gasteiger partial charge in [-0.25, -0.2) is 4.39 Å². The number of carbonyl (C=O) groups is 5. The monoisotopic (exact) mass is 946 g/mol. The molecule has 0 aromatic heterocycles. The van der Waals surface area contributed by atoms with Crippen molar-refractivity contribution in [2.24, 2.45) is 11.3 Å². The maximum absolute atomic E-state index is 16.3. The van der Waals surface area contributed by atoms with Gasteiger partial charge in [0, 0.05) is 76.2 Å². The van der Waals surface area contributed by atoms with Crippen molar-refractivity contribution >= 4 is 64.1 Å². The molecule has 1 spiro atoms. The number of halogens is 3. The van der Waals surface area contributed by atoms with E-state index in [0.717, 1.165) is 41.6 Å². The van der Waals surface area contributed by atoms with Crippen LogP contribution in [-0.2, 0) is 26.3 Å². The Kier molecular flexibility index (Phi) is 12.6. The molecule has 4 aliphatic heterocycles. The molecule has 67 heavy (non-hydrogen) atoms. The van der Waals surface area contributed by atoms with E-state index in [9.17, 15) is 24.0 Å². The number of amides is 5. The van der Waals surface area contributed by atoms with E-state index >= 15 is 4.39 Å². The third-order valence-corrected chi connectivity index (χ3v) is 14.6. The molecular formula is C52H53Cl2FN6O6. The number of nitrogens with zero attached hydrogens (tertiary/aromatic N) is 1. The number of fused-ring (bicyclic) bond motifs is 3. The predicted molar refractivity (Wildman–Crippen MR) is 255 cm³/mol. The van der Waals surface area contributed by atoms with Gasteiger partial charge in [-0.15, -0.1) is 0 Å². The second-order valence-electron chi connectivity index (χ2n) is 19.6. The van der Waals surface area contributed by atoms with E-state index in [2.05, 4.69) is 59.2 Å². The van der Waals surface area contributed by atoms with Crippen molar-refractivity contribution in [3.63, 3.8) is 0 Å². The molecule has 1 saturated carbocycles. The highest BCUT2D eigenvalue weighted by atomic mass is 35.5. The first-order valence-corrected chi connectivity index (χ1v) is 23.6. The Labute approximate surface area is 399 Å². The Morgan fingerprint density at radius 1 is 1.00 bits per heavy atom. The molecule has 0 bridgehead atoms. The Balaban J connectivity index is 0.907. The molecular weight excluding hydrogens is 895 g/mol. The number of methoxy groups -OCH3 is 1. The molecule has 5 N–H and O–H groups in total. The normalized spacial score (nSPS) is 25.4. The molecule has 4 aromatic rings. The van der Waals surface area contributed by atoms with E-state index in [1.165, 1.54) is 18.1 Å². The maximum Gasteiger partial charge on any atom is 0.255 e. The molecule has 12 nitrogen and oxygen atoms in total. The number of hydrogen-bond acceptors (Lipinski definition) is 8. The smallest absolute Gasteiger partial charge is 0.255 e. The second-order valence-corrected chi connectivity index (χ2v) is 20.4. The molecule has 2 saturated heterocycles. The minimum atomic E-state index is -0.906. The van der Waals surface area contributed by atoms with Crippen LogP contribution < -0.4 is 31.3 Å². The van der Waals surface area contributed by atoms with Gasteiger partial charge in [-0.05, 0) is 103 Å². The quantitative estimate of drug-likeness (QED) is 0.0877. The van der Waals surface area contributed by atoms with E-state index in [0.29, 0.717) is 46.8 Å². The predicted octanol–water partition coefficient (Wildman–Crippen LogP) is 8.10. The summed E-state index contributed by atoms with van der Waals surface area (Å²) in [6.45, 7) is 7.10. The fraction of sp³-hybridized carbons (Fsp3) is 0.404. The summed E-state index contributed by atoms with van der Waals surface area (Å²) in [6.07, 6.45) is 4.26. The molecule has 15 heteroatoms. The zero-order chi connectivity index (χ0) is 47.4. The summed E-state index contributed by atoms with van der Waals surface area (Å²) in [7, 11) is 1.47. The highest BCUT2D eigenvalue weighted by molar-refractivity contribution is 6.31. The minimum Gasteiger partial charge on any atom is -0.495 e. The molecule has 1 aliphatic carbocycles. The van der Waals surface area contributed by atoms with Crippen LogP contribution in [0.1, 0.15) is 115 Å². The van der Waals surface area contributed by atoms with Crippen molar-refractivity contribution in [3.8, 4) is 17.6 Å². The van der Waals surface area contributed by atoms with Crippen LogP contribution in [0.5, 0.6) is 5.75 Å². The number of imide groups is 1. The first-order chi connectivity index (χ1) is 32.0. The van der Waals surface area contributed by atoms with Gasteiger partial charge < -0.3 is 30.9 Å². The molecule has 9 rings (SSSR count). The molecule has 3 fully saturated rings. The minimum absolute atomic E-state index is 0.00721. The topological polar surface area (TPSA) is 158 Å². The standard InChI is InChI=1S/C52H53Cl2FN6O6/c1-51(2,3)25-42-52(27-56-39-24-31(53)17-18-36(39)52)44(34-12-7-13-37(54)45(34)55)46(59-42)49(65)58-38-19-16-30(23-41(38)67-4)47(63)57-32-10-5-8-28(22-32)14-15-29-9-6-11-33-35(29)26-61(50(33)66)40-20-21-43(62)60-48(40)64/h6-7,9,11-13,16-19,23-24,28,32,40,42,44,46,56,59H,5,8,10,20-22,25-27H2,1-4H3,(H,57,63)(H,58,65)(H,60,62,64)/t28-,32+,40?,42-,44-,46+,52-/m0/s1. The van der Waals surface area contributed by atoms with E-state index < -0.39 is 41.0 Å². The average Bonchev–Trinajstić information content (AvgIpc) is 3.94. The van der Waals surface area contributed by atoms with Crippen LogP contribution in [0.2, 0.25) is 10.0 Å². The number of anilines is 2. The van der Waals surface area contributed by atoms with Gasteiger partial charge in [0.25, 0.3) is 11.8 Å². The van der Waals surface area contributed by atoms with Crippen molar-refractivity contribution in [3.05, 3.63) is 122 Å². The zero-order valence-electron chi connectivity index (χ0n) is 37.8. The van der Waals surface area contributed by atoms with Crippen molar-refractivity contribution in [1.82, 2.24) is 20.9 Å². The van der Waals surface area contributed by atoms with Gasteiger partial charge in [0.15, 0.2) is 0 Å². The zero-order valence-corrected chi connectivity index (χ0v) is 39.3. The first kappa shape index (κ1) is 46.2. The van der Waals surface area contributed by atoms with Gasteiger partial charge in [0.05, 0.1) is 23.9 Å². The molecule has 7 atom stereocenters. The van der Waals surface area contributed by atoms with Crippen molar-refractivity contribution in [1.29, 1.82) is 0 Å². The summed E-state index contributed by atoms with van der Waals surface area (Å²) in [5, 5.41) is 16.3. The van der Waals surface area contributed by atoms with Gasteiger partial charge in [-0.2, -0.15) is 0 Å². The third kappa shape index (κ3) is 8.87. The van der Waals surface area contributed by atoms with Crippen LogP contribution in [0, 0.1) is 29.0 Å². The lowest BCUT2D eigenvalue weighted by Crippen LogP contribution is -2.52. The van der Waals surface area contributed by atoms with Crippen molar-refractivity contribution in [2.45, 2.75) is 108 Å². The van der Waals surface area contributed by atoms with E-state index in [1.807, 2.05) is 24.3 Å². The van der Waals surface area contributed by atoms with Gasteiger partial charge in [-0.1, -0.05) is 86.5 Å². The largest absolute Gasteiger partial charge is 0.495 e. The van der Waals surface area contributed by atoms with Crippen molar-refractivity contribution in [2.75, 3.05) is 24.3 Å². The summed E-state index contributed by atoms with van der Waals surface area (Å²) in [5.74, 6) is 3.98. The number of piperidine rings is 1.